The second-order valence-corrected chi connectivity index (χ2v) is 6.51. The van der Waals surface area contributed by atoms with Gasteiger partial charge >= 0.3 is 0 Å². The fraction of sp³-hybridized carbons (Fsp3) is 0.615. The Morgan fingerprint density at radius 1 is 1.32 bits per heavy atom. The molecule has 1 aliphatic rings. The molecule has 1 fully saturated rings. The van der Waals surface area contributed by atoms with Crippen LogP contribution >= 0.6 is 22.9 Å². The summed E-state index contributed by atoms with van der Waals surface area (Å²) < 4.78 is 0.852. The van der Waals surface area contributed by atoms with Gasteiger partial charge in [-0.3, -0.25) is 14.6 Å². The summed E-state index contributed by atoms with van der Waals surface area (Å²) in [6.07, 6.45) is 0. The van der Waals surface area contributed by atoms with Crippen molar-refractivity contribution in [3.05, 3.63) is 21.3 Å². The van der Waals surface area contributed by atoms with Crippen molar-refractivity contribution in [1.29, 1.82) is 0 Å². The van der Waals surface area contributed by atoms with E-state index in [1.807, 2.05) is 13.0 Å². The molecule has 19 heavy (non-hydrogen) atoms. The molecule has 0 atom stereocenters. The van der Waals surface area contributed by atoms with Gasteiger partial charge in [-0.15, -0.1) is 11.3 Å². The van der Waals surface area contributed by atoms with Gasteiger partial charge in [-0.1, -0.05) is 11.6 Å². The van der Waals surface area contributed by atoms with Crippen LogP contribution in [0, 0.1) is 0 Å². The van der Waals surface area contributed by atoms with Crippen molar-refractivity contribution in [2.75, 3.05) is 39.3 Å². The third-order valence-electron chi connectivity index (χ3n) is 3.21. The van der Waals surface area contributed by atoms with Crippen LogP contribution in [0.2, 0.25) is 4.34 Å². The van der Waals surface area contributed by atoms with Crippen LogP contribution in [0.15, 0.2) is 12.1 Å². The molecule has 4 nitrogen and oxygen atoms in total. The summed E-state index contributed by atoms with van der Waals surface area (Å²) in [5, 5.41) is 2.84. The van der Waals surface area contributed by atoms with Crippen LogP contribution in [0.1, 0.15) is 11.8 Å². The lowest BCUT2D eigenvalue weighted by Gasteiger charge is -2.33. The number of nitrogens with one attached hydrogen (secondary N) is 1. The Morgan fingerprint density at radius 2 is 2.00 bits per heavy atom. The first kappa shape index (κ1) is 14.8. The number of hydrogen-bond donors (Lipinski definition) is 1. The van der Waals surface area contributed by atoms with Crippen molar-refractivity contribution in [2.45, 2.75) is 13.5 Å². The van der Waals surface area contributed by atoms with Crippen molar-refractivity contribution in [3.8, 4) is 0 Å². The molecule has 6 heteroatoms. The zero-order valence-electron chi connectivity index (χ0n) is 11.2. The summed E-state index contributed by atoms with van der Waals surface area (Å²) in [6, 6.07) is 4.04. The number of likely N-dealkylation sites (N-methyl/N-ethyl adjacent to an activating group) is 1. The molecule has 0 saturated carbocycles. The SMILES string of the molecule is CCNC(=O)CN1CCN(Cc2ccc(Cl)s2)CC1. The van der Waals surface area contributed by atoms with Crippen LogP contribution in [-0.4, -0.2) is 55.0 Å². The number of nitrogens with zero attached hydrogens (tertiary/aromatic N) is 2. The van der Waals surface area contributed by atoms with Gasteiger partial charge in [0.15, 0.2) is 0 Å². The monoisotopic (exact) mass is 301 g/mol. The average molecular weight is 302 g/mol. The molecule has 1 aliphatic heterocycles. The minimum atomic E-state index is 0.126. The first-order chi connectivity index (χ1) is 9.17. The molecule has 0 unspecified atom stereocenters. The van der Waals surface area contributed by atoms with Crippen LogP contribution in [0.5, 0.6) is 0 Å². The number of thiophene rings is 1. The number of rotatable bonds is 5. The normalized spacial score (nSPS) is 17.6. The van der Waals surface area contributed by atoms with Crippen molar-refractivity contribution in [1.82, 2.24) is 15.1 Å². The van der Waals surface area contributed by atoms with Gasteiger partial charge in [-0.2, -0.15) is 0 Å². The minimum absolute atomic E-state index is 0.126. The predicted octanol–water partition coefficient (Wildman–Crippen LogP) is 1.66. The average Bonchev–Trinajstić information content (AvgIpc) is 2.78. The van der Waals surface area contributed by atoms with Crippen LogP contribution < -0.4 is 5.32 Å². The molecule has 1 aromatic heterocycles. The lowest BCUT2D eigenvalue weighted by atomic mass is 10.3. The molecular weight excluding hydrogens is 282 g/mol. The highest BCUT2D eigenvalue weighted by molar-refractivity contribution is 7.16. The fourth-order valence-electron chi connectivity index (χ4n) is 2.22. The topological polar surface area (TPSA) is 35.6 Å². The smallest absolute Gasteiger partial charge is 0.234 e. The number of carbonyl (C=O) groups is 1. The Labute approximate surface area is 123 Å². The Morgan fingerprint density at radius 3 is 2.58 bits per heavy atom. The molecule has 2 rings (SSSR count). The van der Waals surface area contributed by atoms with Gasteiger partial charge in [-0.25, -0.2) is 0 Å². The van der Waals surface area contributed by atoms with E-state index in [4.69, 9.17) is 11.6 Å². The molecule has 0 aromatic carbocycles. The van der Waals surface area contributed by atoms with Gasteiger partial charge in [0.2, 0.25) is 5.91 Å². The third-order valence-corrected chi connectivity index (χ3v) is 4.43. The molecule has 1 N–H and O–H groups in total. The number of piperazine rings is 1. The molecular formula is C13H20ClN3OS. The van der Waals surface area contributed by atoms with Crippen molar-refractivity contribution < 1.29 is 4.79 Å². The Balaban J connectivity index is 1.71. The number of hydrogen-bond acceptors (Lipinski definition) is 4. The second kappa shape index (κ2) is 7.24. The molecule has 1 aromatic rings. The summed E-state index contributed by atoms with van der Waals surface area (Å²) in [6.45, 7) is 8.06. The van der Waals surface area contributed by atoms with Crippen LogP contribution in [0.25, 0.3) is 0 Å². The lowest BCUT2D eigenvalue weighted by molar-refractivity contribution is -0.122. The van der Waals surface area contributed by atoms with E-state index in [0.717, 1.165) is 37.1 Å². The van der Waals surface area contributed by atoms with Gasteiger partial charge in [0, 0.05) is 44.1 Å². The van der Waals surface area contributed by atoms with E-state index in [1.165, 1.54) is 4.88 Å². The molecule has 0 bridgehead atoms. The van der Waals surface area contributed by atoms with E-state index in [1.54, 1.807) is 11.3 Å². The summed E-state index contributed by atoms with van der Waals surface area (Å²) in [5.74, 6) is 0.126. The van der Waals surface area contributed by atoms with E-state index >= 15 is 0 Å². The minimum Gasteiger partial charge on any atom is -0.355 e. The van der Waals surface area contributed by atoms with Gasteiger partial charge in [-0.05, 0) is 19.1 Å². The van der Waals surface area contributed by atoms with Crippen molar-refractivity contribution >= 4 is 28.8 Å². The molecule has 0 spiro atoms. The van der Waals surface area contributed by atoms with E-state index in [2.05, 4.69) is 21.2 Å². The second-order valence-electron chi connectivity index (χ2n) is 4.71. The van der Waals surface area contributed by atoms with Crippen LogP contribution in [-0.2, 0) is 11.3 Å². The van der Waals surface area contributed by atoms with Crippen molar-refractivity contribution in [2.24, 2.45) is 0 Å². The van der Waals surface area contributed by atoms with E-state index in [-0.39, 0.29) is 5.91 Å². The number of halogens is 1. The molecule has 2 heterocycles. The van der Waals surface area contributed by atoms with E-state index < -0.39 is 0 Å². The Kier molecular flexibility index (Phi) is 5.63. The van der Waals surface area contributed by atoms with Crippen LogP contribution in [0.4, 0.5) is 0 Å². The maximum Gasteiger partial charge on any atom is 0.234 e. The first-order valence-electron chi connectivity index (χ1n) is 6.63. The van der Waals surface area contributed by atoms with Gasteiger partial charge in [0.05, 0.1) is 10.9 Å². The maximum absolute atomic E-state index is 11.5. The molecule has 0 radical (unpaired) electrons. The quantitative estimate of drug-likeness (QED) is 0.898. The Bertz CT molecular complexity index is 416. The zero-order valence-corrected chi connectivity index (χ0v) is 12.8. The first-order valence-corrected chi connectivity index (χ1v) is 7.82. The predicted molar refractivity (Wildman–Crippen MR) is 79.7 cm³/mol. The van der Waals surface area contributed by atoms with Crippen LogP contribution in [0.3, 0.4) is 0 Å². The zero-order chi connectivity index (χ0) is 13.7. The molecule has 1 saturated heterocycles. The summed E-state index contributed by atoms with van der Waals surface area (Å²) >= 11 is 7.58. The van der Waals surface area contributed by atoms with Gasteiger partial charge in [0.25, 0.3) is 0 Å². The molecule has 0 aliphatic carbocycles. The highest BCUT2D eigenvalue weighted by atomic mass is 35.5. The summed E-state index contributed by atoms with van der Waals surface area (Å²) in [7, 11) is 0. The molecule has 1 amide bonds. The highest BCUT2D eigenvalue weighted by Crippen LogP contribution is 2.23. The highest BCUT2D eigenvalue weighted by Gasteiger charge is 2.19. The maximum atomic E-state index is 11.5. The van der Waals surface area contributed by atoms with Gasteiger partial charge in [0.1, 0.15) is 0 Å². The Hall–Kier alpha value is -0.620. The standard InChI is InChI=1S/C13H20ClN3OS/c1-2-15-13(18)10-17-7-5-16(6-8-17)9-11-3-4-12(14)19-11/h3-4H,2,5-10H2,1H3,(H,15,18). The summed E-state index contributed by atoms with van der Waals surface area (Å²) in [4.78, 5) is 17.4. The lowest BCUT2D eigenvalue weighted by Crippen LogP contribution is -2.49. The van der Waals surface area contributed by atoms with E-state index in [9.17, 15) is 4.79 Å². The van der Waals surface area contributed by atoms with E-state index in [0.29, 0.717) is 13.1 Å². The van der Waals surface area contributed by atoms with Gasteiger partial charge < -0.3 is 5.32 Å². The third kappa shape index (κ3) is 4.76. The number of amides is 1. The summed E-state index contributed by atoms with van der Waals surface area (Å²) in [5.41, 5.74) is 0. The largest absolute Gasteiger partial charge is 0.355 e. The number of carbonyl (C=O) groups excluding carboxylic acids is 1. The molecule has 106 valence electrons. The van der Waals surface area contributed by atoms with Crippen molar-refractivity contribution in [3.63, 3.8) is 0 Å². The fourth-order valence-corrected chi connectivity index (χ4v) is 3.35.